The molecule has 6 nitrogen and oxygen atoms in total. The lowest BCUT2D eigenvalue weighted by Crippen LogP contribution is -2.51. The lowest BCUT2D eigenvalue weighted by Gasteiger charge is -2.35. The molecule has 0 unspecified atom stereocenters. The maximum atomic E-state index is 12.0. The zero-order valence-electron chi connectivity index (χ0n) is 17.1. The molecule has 0 aliphatic carbocycles. The average Bonchev–Trinajstić information content (AvgIpc) is 2.64. The Morgan fingerprint density at radius 1 is 1.15 bits per heavy atom. The van der Waals surface area contributed by atoms with Crippen LogP contribution in [-0.4, -0.2) is 80.0 Å². The highest BCUT2D eigenvalue weighted by molar-refractivity contribution is 5.76. The molecule has 0 saturated carbocycles. The van der Waals surface area contributed by atoms with Gasteiger partial charge in [0.2, 0.25) is 5.91 Å². The van der Waals surface area contributed by atoms with E-state index in [-0.39, 0.29) is 17.9 Å². The Morgan fingerprint density at radius 2 is 1.78 bits per heavy atom. The number of benzene rings is 1. The molecule has 1 atom stereocenters. The summed E-state index contributed by atoms with van der Waals surface area (Å²) in [7, 11) is 1.60. The highest BCUT2D eigenvalue weighted by atomic mass is 16.5. The Labute approximate surface area is 163 Å². The number of β-amino-alcohol motifs (C(OH)–C–C–N with tert-alkyl or cyclic N) is 1. The second kappa shape index (κ2) is 10.1. The van der Waals surface area contributed by atoms with Gasteiger partial charge in [0.1, 0.15) is 18.5 Å². The number of carbonyl (C=O) groups is 1. The van der Waals surface area contributed by atoms with E-state index in [1.165, 1.54) is 5.56 Å². The zero-order chi connectivity index (χ0) is 19.9. The molecule has 1 amide bonds. The van der Waals surface area contributed by atoms with Gasteiger partial charge < -0.3 is 19.5 Å². The number of ether oxygens (including phenoxy) is 2. The maximum absolute atomic E-state index is 12.0. The van der Waals surface area contributed by atoms with E-state index >= 15 is 0 Å². The Hall–Kier alpha value is -1.63. The number of hydrogen-bond donors (Lipinski definition) is 1. The average molecular weight is 379 g/mol. The van der Waals surface area contributed by atoms with Crippen LogP contribution in [0.5, 0.6) is 5.75 Å². The SMILES string of the molecule is COCCC(=O)N1CCN(C[C@@H](O)COc2ccc(C(C)(C)C)cc2)CC1. The zero-order valence-corrected chi connectivity index (χ0v) is 17.1. The fraction of sp³-hybridized carbons (Fsp3) is 0.667. The first-order valence-electron chi connectivity index (χ1n) is 9.70. The normalized spacial score (nSPS) is 17.0. The van der Waals surface area contributed by atoms with Crippen molar-refractivity contribution in [2.24, 2.45) is 0 Å². The minimum Gasteiger partial charge on any atom is -0.491 e. The molecular weight excluding hydrogens is 344 g/mol. The molecule has 1 N–H and O–H groups in total. The van der Waals surface area contributed by atoms with E-state index < -0.39 is 6.10 Å². The summed E-state index contributed by atoms with van der Waals surface area (Å²) in [5.74, 6) is 0.912. The lowest BCUT2D eigenvalue weighted by atomic mass is 9.87. The first kappa shape index (κ1) is 21.7. The summed E-state index contributed by atoms with van der Waals surface area (Å²) in [6.45, 7) is 10.8. The van der Waals surface area contributed by atoms with Crippen LogP contribution >= 0.6 is 0 Å². The topological polar surface area (TPSA) is 62.2 Å². The minimum absolute atomic E-state index is 0.116. The summed E-state index contributed by atoms with van der Waals surface area (Å²) in [6.07, 6.45) is -0.121. The van der Waals surface area contributed by atoms with Crippen LogP contribution in [-0.2, 0) is 14.9 Å². The van der Waals surface area contributed by atoms with Gasteiger partial charge in [-0.25, -0.2) is 0 Å². The first-order chi connectivity index (χ1) is 12.8. The van der Waals surface area contributed by atoms with Crippen molar-refractivity contribution in [1.82, 2.24) is 9.80 Å². The molecule has 1 aliphatic rings. The van der Waals surface area contributed by atoms with Gasteiger partial charge in [-0.05, 0) is 23.1 Å². The van der Waals surface area contributed by atoms with E-state index in [1.54, 1.807) is 7.11 Å². The molecule has 1 aliphatic heterocycles. The number of aliphatic hydroxyl groups excluding tert-OH is 1. The second-order valence-corrected chi connectivity index (χ2v) is 8.16. The van der Waals surface area contributed by atoms with Crippen molar-refractivity contribution >= 4 is 5.91 Å². The summed E-state index contributed by atoms with van der Waals surface area (Å²) in [5.41, 5.74) is 1.37. The van der Waals surface area contributed by atoms with Crippen molar-refractivity contribution in [3.05, 3.63) is 29.8 Å². The van der Waals surface area contributed by atoms with Crippen molar-refractivity contribution in [2.45, 2.75) is 38.7 Å². The summed E-state index contributed by atoms with van der Waals surface area (Å²) < 4.78 is 10.7. The van der Waals surface area contributed by atoms with Crippen molar-refractivity contribution in [1.29, 1.82) is 0 Å². The molecular formula is C21H34N2O4. The molecule has 2 rings (SSSR count). The van der Waals surface area contributed by atoms with Gasteiger partial charge in [0.15, 0.2) is 0 Å². The van der Waals surface area contributed by atoms with Crippen LogP contribution in [0.25, 0.3) is 0 Å². The maximum Gasteiger partial charge on any atom is 0.224 e. The van der Waals surface area contributed by atoms with E-state index in [0.29, 0.717) is 32.7 Å². The predicted molar refractivity (Wildman–Crippen MR) is 106 cm³/mol. The smallest absolute Gasteiger partial charge is 0.224 e. The number of carbonyl (C=O) groups excluding carboxylic acids is 1. The third-order valence-electron chi connectivity index (χ3n) is 4.88. The van der Waals surface area contributed by atoms with Gasteiger partial charge in [0.25, 0.3) is 0 Å². The highest BCUT2D eigenvalue weighted by Crippen LogP contribution is 2.24. The summed E-state index contributed by atoms with van der Waals surface area (Å²) in [4.78, 5) is 16.0. The van der Waals surface area contributed by atoms with Crippen LogP contribution in [0.15, 0.2) is 24.3 Å². The molecule has 1 aromatic carbocycles. The Kier molecular flexibility index (Phi) is 8.07. The van der Waals surface area contributed by atoms with E-state index in [4.69, 9.17) is 9.47 Å². The molecule has 1 heterocycles. The summed E-state index contributed by atoms with van der Waals surface area (Å²) in [6, 6.07) is 8.05. The van der Waals surface area contributed by atoms with Gasteiger partial charge in [-0.2, -0.15) is 0 Å². The van der Waals surface area contributed by atoms with Crippen LogP contribution in [0.2, 0.25) is 0 Å². The third kappa shape index (κ3) is 7.13. The van der Waals surface area contributed by atoms with Crippen molar-refractivity contribution in [3.63, 3.8) is 0 Å². The largest absolute Gasteiger partial charge is 0.491 e. The first-order valence-corrected chi connectivity index (χ1v) is 9.70. The monoisotopic (exact) mass is 378 g/mol. The minimum atomic E-state index is -0.553. The van der Waals surface area contributed by atoms with Crippen molar-refractivity contribution < 1.29 is 19.4 Å². The van der Waals surface area contributed by atoms with Gasteiger partial charge in [-0.3, -0.25) is 9.69 Å². The predicted octanol–water partition coefficient (Wildman–Crippen LogP) is 1.90. The van der Waals surface area contributed by atoms with Crippen LogP contribution in [0.3, 0.4) is 0 Å². The van der Waals surface area contributed by atoms with Crippen LogP contribution in [0.1, 0.15) is 32.8 Å². The number of methoxy groups -OCH3 is 1. The van der Waals surface area contributed by atoms with Crippen LogP contribution in [0, 0.1) is 0 Å². The summed E-state index contributed by atoms with van der Waals surface area (Å²) in [5, 5.41) is 10.3. The van der Waals surface area contributed by atoms with E-state index in [1.807, 2.05) is 17.0 Å². The van der Waals surface area contributed by atoms with E-state index in [2.05, 4.69) is 37.8 Å². The molecule has 152 valence electrons. The lowest BCUT2D eigenvalue weighted by molar-refractivity contribution is -0.134. The van der Waals surface area contributed by atoms with Gasteiger partial charge in [-0.1, -0.05) is 32.9 Å². The standard InChI is InChI=1S/C21H34N2O4/c1-21(2,3)17-5-7-19(8-6-17)27-16-18(24)15-22-10-12-23(13-11-22)20(25)9-14-26-4/h5-8,18,24H,9-16H2,1-4H3/t18-/m1/s1. The molecule has 1 saturated heterocycles. The van der Waals surface area contributed by atoms with E-state index in [9.17, 15) is 9.90 Å². The molecule has 0 spiro atoms. The molecule has 6 heteroatoms. The van der Waals surface area contributed by atoms with Gasteiger partial charge in [0, 0.05) is 39.8 Å². The van der Waals surface area contributed by atoms with Crippen molar-refractivity contribution in [3.8, 4) is 5.75 Å². The Morgan fingerprint density at radius 3 is 2.33 bits per heavy atom. The molecule has 1 fully saturated rings. The fourth-order valence-corrected chi connectivity index (χ4v) is 3.12. The van der Waals surface area contributed by atoms with Crippen LogP contribution in [0.4, 0.5) is 0 Å². The summed E-state index contributed by atoms with van der Waals surface area (Å²) >= 11 is 0. The number of hydrogen-bond acceptors (Lipinski definition) is 5. The van der Waals surface area contributed by atoms with Gasteiger partial charge >= 0.3 is 0 Å². The molecule has 0 aromatic heterocycles. The number of aliphatic hydroxyl groups is 1. The molecule has 27 heavy (non-hydrogen) atoms. The number of nitrogens with zero attached hydrogens (tertiary/aromatic N) is 2. The van der Waals surface area contributed by atoms with E-state index in [0.717, 1.165) is 18.8 Å². The molecule has 0 radical (unpaired) electrons. The van der Waals surface area contributed by atoms with Gasteiger partial charge in [-0.15, -0.1) is 0 Å². The quantitative estimate of drug-likeness (QED) is 0.749. The molecule has 0 bridgehead atoms. The Balaban J connectivity index is 1.69. The number of rotatable bonds is 8. The number of amides is 1. The fourth-order valence-electron chi connectivity index (χ4n) is 3.12. The number of piperazine rings is 1. The van der Waals surface area contributed by atoms with Gasteiger partial charge in [0.05, 0.1) is 13.0 Å². The molecule has 1 aromatic rings. The van der Waals surface area contributed by atoms with Crippen molar-refractivity contribution in [2.75, 3.05) is 53.0 Å². The highest BCUT2D eigenvalue weighted by Gasteiger charge is 2.22. The van der Waals surface area contributed by atoms with Crippen LogP contribution < -0.4 is 4.74 Å². The third-order valence-corrected chi connectivity index (χ3v) is 4.88. The Bertz CT molecular complexity index is 575. The second-order valence-electron chi connectivity index (χ2n) is 8.16.